The second kappa shape index (κ2) is 5.57. The third-order valence-electron chi connectivity index (χ3n) is 2.08. The highest BCUT2D eigenvalue weighted by Crippen LogP contribution is 2.05. The summed E-state index contributed by atoms with van der Waals surface area (Å²) < 4.78 is 1.96. The second-order valence-electron chi connectivity index (χ2n) is 3.19. The van der Waals surface area contributed by atoms with Crippen molar-refractivity contribution in [3.63, 3.8) is 0 Å². The molecule has 1 aromatic heterocycles. The quantitative estimate of drug-likeness (QED) is 0.482. The number of aromatic nitrogens is 2. The highest BCUT2D eigenvalue weighted by Gasteiger charge is 1.99. The van der Waals surface area contributed by atoms with Crippen molar-refractivity contribution in [1.29, 1.82) is 0 Å². The van der Waals surface area contributed by atoms with Crippen molar-refractivity contribution >= 4 is 0 Å². The van der Waals surface area contributed by atoms with Crippen molar-refractivity contribution in [2.45, 2.75) is 39.2 Å². The number of aryl methyl sites for hydroxylation is 1. The molecule has 0 bridgehead atoms. The molecule has 0 spiro atoms. The molecule has 0 aromatic carbocycles. The molecule has 0 aliphatic rings. The van der Waals surface area contributed by atoms with Crippen molar-refractivity contribution in [3.8, 4) is 0 Å². The SMILES string of the molecule is C=CCn1n[c]cc1CCCCC. The lowest BCUT2D eigenvalue weighted by atomic mass is 10.1. The Bertz CT molecular complexity index is 250. The number of nitrogens with zero attached hydrogens (tertiary/aromatic N) is 2. The molecule has 13 heavy (non-hydrogen) atoms. The van der Waals surface area contributed by atoms with Crippen LogP contribution < -0.4 is 0 Å². The van der Waals surface area contributed by atoms with Gasteiger partial charge in [0, 0.05) is 5.69 Å². The monoisotopic (exact) mass is 177 g/mol. The van der Waals surface area contributed by atoms with Gasteiger partial charge in [0.1, 0.15) is 6.20 Å². The van der Waals surface area contributed by atoms with E-state index in [-0.39, 0.29) is 0 Å². The first-order chi connectivity index (χ1) is 6.38. The van der Waals surface area contributed by atoms with E-state index >= 15 is 0 Å². The molecule has 2 nitrogen and oxygen atoms in total. The zero-order chi connectivity index (χ0) is 9.52. The van der Waals surface area contributed by atoms with E-state index in [1.165, 1.54) is 25.0 Å². The minimum atomic E-state index is 0.797. The Morgan fingerprint density at radius 1 is 1.62 bits per heavy atom. The fourth-order valence-corrected chi connectivity index (χ4v) is 1.35. The molecular formula is C11H17N2. The molecule has 1 radical (unpaired) electrons. The lowest BCUT2D eigenvalue weighted by Gasteiger charge is -2.03. The van der Waals surface area contributed by atoms with Gasteiger partial charge in [-0.1, -0.05) is 25.8 Å². The highest BCUT2D eigenvalue weighted by atomic mass is 15.3. The van der Waals surface area contributed by atoms with Gasteiger partial charge in [0.05, 0.1) is 6.54 Å². The van der Waals surface area contributed by atoms with Gasteiger partial charge < -0.3 is 0 Å². The standard InChI is InChI=1S/C11H17N2/c1-3-5-6-7-11-8-9-12-13(11)10-4-2/h4,8H,2-3,5-7,10H2,1H3. The fourth-order valence-electron chi connectivity index (χ4n) is 1.35. The van der Waals surface area contributed by atoms with Crippen LogP contribution in [0.4, 0.5) is 0 Å². The normalized spacial score (nSPS) is 10.2. The molecule has 0 fully saturated rings. The lowest BCUT2D eigenvalue weighted by Crippen LogP contribution is -2.02. The van der Waals surface area contributed by atoms with Gasteiger partial charge in [-0.2, -0.15) is 5.10 Å². The van der Waals surface area contributed by atoms with Gasteiger partial charge >= 0.3 is 0 Å². The van der Waals surface area contributed by atoms with E-state index in [0.717, 1.165) is 13.0 Å². The van der Waals surface area contributed by atoms with Crippen molar-refractivity contribution in [3.05, 3.63) is 30.6 Å². The van der Waals surface area contributed by atoms with Gasteiger partial charge in [0.2, 0.25) is 0 Å². The third kappa shape index (κ3) is 3.05. The zero-order valence-electron chi connectivity index (χ0n) is 8.29. The summed E-state index contributed by atoms with van der Waals surface area (Å²) in [5.74, 6) is 0. The third-order valence-corrected chi connectivity index (χ3v) is 2.08. The van der Waals surface area contributed by atoms with E-state index in [4.69, 9.17) is 0 Å². The Morgan fingerprint density at radius 2 is 2.46 bits per heavy atom. The number of allylic oxidation sites excluding steroid dienone is 1. The smallest absolute Gasteiger partial charge is 0.113 e. The Morgan fingerprint density at radius 3 is 3.15 bits per heavy atom. The second-order valence-corrected chi connectivity index (χ2v) is 3.19. The summed E-state index contributed by atoms with van der Waals surface area (Å²) in [6.45, 7) is 6.71. The van der Waals surface area contributed by atoms with Crippen LogP contribution in [0.2, 0.25) is 0 Å². The van der Waals surface area contributed by atoms with Crippen LogP contribution >= 0.6 is 0 Å². The first-order valence-corrected chi connectivity index (χ1v) is 4.92. The van der Waals surface area contributed by atoms with Gasteiger partial charge in [0.25, 0.3) is 0 Å². The van der Waals surface area contributed by atoms with E-state index < -0.39 is 0 Å². The molecule has 0 N–H and O–H groups in total. The fraction of sp³-hybridized carbons (Fsp3) is 0.545. The molecule has 0 aliphatic carbocycles. The summed E-state index contributed by atoms with van der Waals surface area (Å²) in [7, 11) is 0. The lowest BCUT2D eigenvalue weighted by molar-refractivity contribution is 0.623. The summed E-state index contributed by atoms with van der Waals surface area (Å²) in [6, 6.07) is 1.97. The van der Waals surface area contributed by atoms with Crippen LogP contribution in [0.25, 0.3) is 0 Å². The minimum Gasteiger partial charge on any atom is -0.265 e. The van der Waals surface area contributed by atoms with E-state index in [2.05, 4.69) is 24.8 Å². The van der Waals surface area contributed by atoms with Gasteiger partial charge in [-0.25, -0.2) is 0 Å². The Balaban J connectivity index is 2.44. The van der Waals surface area contributed by atoms with Crippen LogP contribution in [0.5, 0.6) is 0 Å². The maximum absolute atomic E-state index is 4.11. The predicted molar refractivity (Wildman–Crippen MR) is 54.5 cm³/mol. The molecule has 2 heteroatoms. The van der Waals surface area contributed by atoms with E-state index in [0.29, 0.717) is 0 Å². The van der Waals surface area contributed by atoms with E-state index in [1.54, 1.807) is 0 Å². The summed E-state index contributed by atoms with van der Waals surface area (Å²) in [5.41, 5.74) is 1.27. The van der Waals surface area contributed by atoms with Crippen LogP contribution in [0.3, 0.4) is 0 Å². The maximum atomic E-state index is 4.11. The zero-order valence-corrected chi connectivity index (χ0v) is 8.29. The summed E-state index contributed by atoms with van der Waals surface area (Å²) in [6.07, 6.45) is 9.65. The van der Waals surface area contributed by atoms with Gasteiger partial charge in [-0.05, 0) is 18.9 Å². The van der Waals surface area contributed by atoms with Crippen molar-refractivity contribution < 1.29 is 0 Å². The average Bonchev–Trinajstić information content (AvgIpc) is 2.54. The number of hydrogen-bond donors (Lipinski definition) is 0. The van der Waals surface area contributed by atoms with Crippen LogP contribution in [0.1, 0.15) is 31.9 Å². The van der Waals surface area contributed by atoms with E-state index in [9.17, 15) is 0 Å². The van der Waals surface area contributed by atoms with E-state index in [1.807, 2.05) is 16.8 Å². The summed E-state index contributed by atoms with van der Waals surface area (Å²) >= 11 is 0. The molecule has 0 amide bonds. The Labute approximate surface area is 80.3 Å². The van der Waals surface area contributed by atoms with Crippen LogP contribution in [-0.2, 0) is 13.0 Å². The van der Waals surface area contributed by atoms with Crippen molar-refractivity contribution in [2.75, 3.05) is 0 Å². The Hall–Kier alpha value is -1.05. The topological polar surface area (TPSA) is 17.8 Å². The molecule has 0 saturated carbocycles. The van der Waals surface area contributed by atoms with Crippen LogP contribution in [0.15, 0.2) is 18.7 Å². The Kier molecular flexibility index (Phi) is 4.30. The largest absolute Gasteiger partial charge is 0.265 e. The molecule has 1 heterocycles. The number of hydrogen-bond acceptors (Lipinski definition) is 1. The maximum Gasteiger partial charge on any atom is 0.113 e. The van der Waals surface area contributed by atoms with Crippen LogP contribution in [0, 0.1) is 6.20 Å². The van der Waals surface area contributed by atoms with Crippen LogP contribution in [-0.4, -0.2) is 9.78 Å². The van der Waals surface area contributed by atoms with Gasteiger partial charge in [0.15, 0.2) is 0 Å². The molecule has 1 rings (SSSR count). The molecule has 0 atom stereocenters. The first kappa shape index (κ1) is 10.0. The molecule has 0 unspecified atom stereocenters. The highest BCUT2D eigenvalue weighted by molar-refractivity contribution is 5.00. The molecule has 0 saturated heterocycles. The minimum absolute atomic E-state index is 0.797. The van der Waals surface area contributed by atoms with Crippen molar-refractivity contribution in [2.24, 2.45) is 0 Å². The summed E-state index contributed by atoms with van der Waals surface area (Å²) in [5, 5.41) is 4.11. The molecule has 1 aromatic rings. The average molecular weight is 177 g/mol. The molecular weight excluding hydrogens is 160 g/mol. The van der Waals surface area contributed by atoms with Gasteiger partial charge in [-0.3, -0.25) is 4.68 Å². The molecule has 71 valence electrons. The molecule has 0 aliphatic heterocycles. The first-order valence-electron chi connectivity index (χ1n) is 4.92. The summed E-state index contributed by atoms with van der Waals surface area (Å²) in [4.78, 5) is 0. The van der Waals surface area contributed by atoms with Gasteiger partial charge in [-0.15, -0.1) is 6.58 Å². The number of unbranched alkanes of at least 4 members (excludes halogenated alkanes) is 2. The van der Waals surface area contributed by atoms with Crippen molar-refractivity contribution in [1.82, 2.24) is 9.78 Å². The predicted octanol–water partition coefficient (Wildman–Crippen LogP) is 2.60. The number of rotatable bonds is 6.